The Morgan fingerprint density at radius 1 is 1.50 bits per heavy atom. The summed E-state index contributed by atoms with van der Waals surface area (Å²) in [5.74, 6) is -1.48. The van der Waals surface area contributed by atoms with E-state index in [0.29, 0.717) is 6.61 Å². The Morgan fingerprint density at radius 2 is 2.11 bits per heavy atom. The van der Waals surface area contributed by atoms with Crippen LogP contribution in [0.1, 0.15) is 27.2 Å². The van der Waals surface area contributed by atoms with Crippen LogP contribution in [0.4, 0.5) is 0 Å². The van der Waals surface area contributed by atoms with Crippen LogP contribution in [0.15, 0.2) is 0 Å². The Bertz CT molecular complexity index is 396. The van der Waals surface area contributed by atoms with Crippen LogP contribution in [0.3, 0.4) is 0 Å². The van der Waals surface area contributed by atoms with Crippen LogP contribution < -0.4 is 11.1 Å². The van der Waals surface area contributed by atoms with Gasteiger partial charge in [0.25, 0.3) is 0 Å². The zero-order valence-electron chi connectivity index (χ0n) is 10.9. The van der Waals surface area contributed by atoms with E-state index in [9.17, 15) is 9.59 Å². The molecule has 1 heterocycles. The van der Waals surface area contributed by atoms with Crippen molar-refractivity contribution in [2.75, 3.05) is 6.61 Å². The molecule has 0 aromatic heterocycles. The Kier molecular flexibility index (Phi) is 2.90. The molecular formula is C12H20N2O4. The fourth-order valence-corrected chi connectivity index (χ4v) is 3.22. The highest BCUT2D eigenvalue weighted by molar-refractivity contribution is 5.92. The molecule has 4 atom stereocenters. The zero-order chi connectivity index (χ0) is 13.7. The summed E-state index contributed by atoms with van der Waals surface area (Å²) in [6, 6.07) is -0.935. The van der Waals surface area contributed by atoms with Gasteiger partial charge in [0.2, 0.25) is 5.91 Å². The molecule has 2 aliphatic rings. The molecule has 4 N–H and O–H groups in total. The molecule has 6 nitrogen and oxygen atoms in total. The Hall–Kier alpha value is -1.14. The van der Waals surface area contributed by atoms with Gasteiger partial charge in [0.15, 0.2) is 0 Å². The van der Waals surface area contributed by atoms with Gasteiger partial charge < -0.3 is 20.9 Å². The van der Waals surface area contributed by atoms with Crippen molar-refractivity contribution in [1.29, 1.82) is 0 Å². The fraction of sp³-hybridized carbons (Fsp3) is 0.833. The number of fused-ring (bicyclic) bond motifs is 1. The van der Waals surface area contributed by atoms with Gasteiger partial charge in [-0.25, -0.2) is 0 Å². The second-order valence-electron chi connectivity index (χ2n) is 5.81. The van der Waals surface area contributed by atoms with Crippen LogP contribution in [0.2, 0.25) is 0 Å². The molecule has 18 heavy (non-hydrogen) atoms. The molecule has 3 unspecified atom stereocenters. The summed E-state index contributed by atoms with van der Waals surface area (Å²) in [7, 11) is 0. The number of rotatable bonds is 3. The topological polar surface area (TPSA) is 102 Å². The Balaban J connectivity index is 2.16. The SMILES string of the molecule is C[C@H](NC(=O)C1(N)C2CCOC2C1(C)C)C(=O)O. The molecule has 6 heteroatoms. The van der Waals surface area contributed by atoms with Crippen LogP contribution >= 0.6 is 0 Å². The largest absolute Gasteiger partial charge is 0.480 e. The van der Waals surface area contributed by atoms with E-state index in [1.807, 2.05) is 13.8 Å². The van der Waals surface area contributed by atoms with Gasteiger partial charge in [-0.3, -0.25) is 9.59 Å². The second-order valence-corrected chi connectivity index (χ2v) is 5.81. The summed E-state index contributed by atoms with van der Waals surface area (Å²) in [6.07, 6.45) is 0.743. The number of aliphatic carboxylic acids is 1. The highest BCUT2D eigenvalue weighted by atomic mass is 16.5. The smallest absolute Gasteiger partial charge is 0.325 e. The normalized spacial score (nSPS) is 38.4. The summed E-state index contributed by atoms with van der Waals surface area (Å²) < 4.78 is 5.59. The number of ether oxygens (including phenoxy) is 1. The van der Waals surface area contributed by atoms with E-state index in [-0.39, 0.29) is 12.0 Å². The van der Waals surface area contributed by atoms with E-state index in [1.54, 1.807) is 0 Å². The number of carbonyl (C=O) groups is 2. The van der Waals surface area contributed by atoms with Crippen LogP contribution in [-0.4, -0.2) is 41.3 Å². The van der Waals surface area contributed by atoms with Crippen molar-refractivity contribution in [3.63, 3.8) is 0 Å². The van der Waals surface area contributed by atoms with Crippen molar-refractivity contribution in [3.05, 3.63) is 0 Å². The van der Waals surface area contributed by atoms with Gasteiger partial charge in [0.1, 0.15) is 11.6 Å². The molecule has 0 aromatic carbocycles. The average molecular weight is 256 g/mol. The van der Waals surface area contributed by atoms with Crippen LogP contribution in [0, 0.1) is 11.3 Å². The number of nitrogens with two attached hydrogens (primary N) is 1. The van der Waals surface area contributed by atoms with Gasteiger partial charge in [0.05, 0.1) is 6.10 Å². The molecular weight excluding hydrogens is 236 g/mol. The van der Waals surface area contributed by atoms with Gasteiger partial charge in [0, 0.05) is 17.9 Å². The molecule has 0 bridgehead atoms. The first kappa shape index (κ1) is 13.3. The summed E-state index contributed by atoms with van der Waals surface area (Å²) in [5.41, 5.74) is 4.75. The summed E-state index contributed by atoms with van der Waals surface area (Å²) in [5, 5.41) is 11.3. The van der Waals surface area contributed by atoms with Gasteiger partial charge in [-0.05, 0) is 13.3 Å². The Labute approximate surface area is 106 Å². The molecule has 1 amide bonds. The first-order chi connectivity index (χ1) is 8.23. The molecule has 1 aliphatic heterocycles. The highest BCUT2D eigenvalue weighted by Crippen LogP contribution is 2.58. The lowest BCUT2D eigenvalue weighted by Crippen LogP contribution is -2.80. The van der Waals surface area contributed by atoms with E-state index in [0.717, 1.165) is 6.42 Å². The monoisotopic (exact) mass is 256 g/mol. The first-order valence-electron chi connectivity index (χ1n) is 6.17. The second kappa shape index (κ2) is 3.93. The summed E-state index contributed by atoms with van der Waals surface area (Å²) >= 11 is 0. The quantitative estimate of drug-likeness (QED) is 0.644. The van der Waals surface area contributed by atoms with Gasteiger partial charge in [-0.2, -0.15) is 0 Å². The molecule has 1 saturated carbocycles. The highest BCUT2D eigenvalue weighted by Gasteiger charge is 2.71. The van der Waals surface area contributed by atoms with Crippen LogP contribution in [0.5, 0.6) is 0 Å². The predicted molar refractivity (Wildman–Crippen MR) is 63.8 cm³/mol. The minimum atomic E-state index is -1.07. The molecule has 2 rings (SSSR count). The van der Waals surface area contributed by atoms with Crippen molar-refractivity contribution >= 4 is 11.9 Å². The third kappa shape index (κ3) is 1.48. The average Bonchev–Trinajstić information content (AvgIpc) is 2.75. The number of carboxylic acid groups (broad SMARTS) is 1. The lowest BCUT2D eigenvalue weighted by Gasteiger charge is -2.60. The lowest BCUT2D eigenvalue weighted by atomic mass is 9.48. The fourth-order valence-electron chi connectivity index (χ4n) is 3.22. The van der Waals surface area contributed by atoms with Crippen molar-refractivity contribution in [3.8, 4) is 0 Å². The molecule has 1 saturated heterocycles. The van der Waals surface area contributed by atoms with Gasteiger partial charge >= 0.3 is 5.97 Å². The minimum absolute atomic E-state index is 0.00613. The number of carboxylic acids is 1. The van der Waals surface area contributed by atoms with Gasteiger partial charge in [-0.15, -0.1) is 0 Å². The molecule has 0 radical (unpaired) electrons. The van der Waals surface area contributed by atoms with Crippen molar-refractivity contribution in [2.24, 2.45) is 17.1 Å². The molecule has 2 fully saturated rings. The third-order valence-electron chi connectivity index (χ3n) is 4.55. The van der Waals surface area contributed by atoms with Gasteiger partial charge in [-0.1, -0.05) is 13.8 Å². The first-order valence-corrected chi connectivity index (χ1v) is 6.17. The molecule has 0 aromatic rings. The molecule has 1 aliphatic carbocycles. The van der Waals surface area contributed by atoms with Crippen LogP contribution in [-0.2, 0) is 14.3 Å². The number of nitrogens with one attached hydrogen (secondary N) is 1. The zero-order valence-corrected chi connectivity index (χ0v) is 10.9. The van der Waals surface area contributed by atoms with Crippen LogP contribution in [0.25, 0.3) is 0 Å². The van der Waals surface area contributed by atoms with E-state index in [4.69, 9.17) is 15.6 Å². The number of carbonyl (C=O) groups excluding carboxylic acids is 1. The van der Waals surface area contributed by atoms with E-state index in [2.05, 4.69) is 5.32 Å². The predicted octanol–water partition coefficient (Wildman–Crippen LogP) is -0.282. The minimum Gasteiger partial charge on any atom is -0.480 e. The number of hydrogen-bond donors (Lipinski definition) is 3. The maximum Gasteiger partial charge on any atom is 0.325 e. The molecule has 0 spiro atoms. The Morgan fingerprint density at radius 3 is 2.67 bits per heavy atom. The van der Waals surface area contributed by atoms with E-state index < -0.39 is 28.9 Å². The number of amides is 1. The lowest BCUT2D eigenvalue weighted by molar-refractivity contribution is -0.176. The maximum atomic E-state index is 12.3. The molecule has 102 valence electrons. The van der Waals surface area contributed by atoms with E-state index in [1.165, 1.54) is 6.92 Å². The maximum absolute atomic E-state index is 12.3. The third-order valence-corrected chi connectivity index (χ3v) is 4.55. The van der Waals surface area contributed by atoms with E-state index >= 15 is 0 Å². The number of hydrogen-bond acceptors (Lipinski definition) is 4. The van der Waals surface area contributed by atoms with Crippen molar-refractivity contribution < 1.29 is 19.4 Å². The summed E-state index contributed by atoms with van der Waals surface area (Å²) in [4.78, 5) is 23.0. The van der Waals surface area contributed by atoms with Crippen molar-refractivity contribution in [2.45, 2.75) is 44.9 Å². The standard InChI is InChI=1S/C12H20N2O4/c1-6(9(15)16)14-10(17)12(13)7-4-5-18-8(7)11(12,2)3/h6-8H,4-5,13H2,1-3H3,(H,14,17)(H,15,16)/t6-,7?,8?,12?/m0/s1. The summed E-state index contributed by atoms with van der Waals surface area (Å²) in [6.45, 7) is 5.83. The van der Waals surface area contributed by atoms with Crippen molar-refractivity contribution in [1.82, 2.24) is 5.32 Å².